The number of rotatable bonds is 7. The second-order valence-electron chi connectivity index (χ2n) is 7.62. The molecule has 1 aliphatic heterocycles. The molecule has 0 radical (unpaired) electrons. The van der Waals surface area contributed by atoms with Crippen LogP contribution in [-0.4, -0.2) is 42.7 Å². The Hall–Kier alpha value is -2.53. The van der Waals surface area contributed by atoms with Crippen molar-refractivity contribution in [1.29, 1.82) is 0 Å². The van der Waals surface area contributed by atoms with Crippen molar-refractivity contribution in [2.75, 3.05) is 20.2 Å². The first kappa shape index (κ1) is 21.2. The number of Topliss-reactive ketones (excluding diaryl/α,β-unsaturated/α-hetero) is 2. The van der Waals surface area contributed by atoms with E-state index >= 15 is 0 Å². The molecule has 1 saturated heterocycles. The van der Waals surface area contributed by atoms with Gasteiger partial charge in [0.2, 0.25) is 0 Å². The van der Waals surface area contributed by atoms with Gasteiger partial charge < -0.3 is 4.74 Å². The summed E-state index contributed by atoms with van der Waals surface area (Å²) in [6.07, 6.45) is 4.88. The predicted octanol–water partition coefficient (Wildman–Crippen LogP) is 4.71. The van der Waals surface area contributed by atoms with E-state index in [1.54, 1.807) is 31.4 Å². The molecule has 3 rings (SSSR count). The number of likely N-dealkylation sites (tertiary alicyclic amines) is 1. The number of hydrogen-bond donors (Lipinski definition) is 0. The van der Waals surface area contributed by atoms with Gasteiger partial charge in [0.05, 0.1) is 13.2 Å². The number of ether oxygens (including phenoxy) is 1. The van der Waals surface area contributed by atoms with E-state index in [4.69, 9.17) is 4.74 Å². The monoisotopic (exact) mass is 397 g/mol. The molecule has 0 saturated carbocycles. The average Bonchev–Trinajstić information content (AvgIpc) is 3.01. The Morgan fingerprint density at radius 3 is 2.21 bits per heavy atom. The first-order valence-corrected chi connectivity index (χ1v) is 10.2. The summed E-state index contributed by atoms with van der Waals surface area (Å²) in [7, 11) is 1.59. The summed E-state index contributed by atoms with van der Waals surface area (Å²) in [5, 5.41) is 0. The Balaban J connectivity index is 1.96. The predicted molar refractivity (Wildman–Crippen MR) is 111 cm³/mol. The van der Waals surface area contributed by atoms with Gasteiger partial charge in [-0.25, -0.2) is 4.39 Å². The second-order valence-corrected chi connectivity index (χ2v) is 7.62. The van der Waals surface area contributed by atoms with E-state index in [0.29, 0.717) is 23.3 Å². The first-order valence-electron chi connectivity index (χ1n) is 10.2. The molecular weight excluding hydrogens is 369 g/mol. The molecule has 2 aromatic carbocycles. The van der Waals surface area contributed by atoms with Gasteiger partial charge in [0.15, 0.2) is 11.6 Å². The molecule has 0 spiro atoms. The van der Waals surface area contributed by atoms with Gasteiger partial charge in [-0.1, -0.05) is 12.8 Å². The smallest absolute Gasteiger partial charge is 0.180 e. The maximum Gasteiger partial charge on any atom is 0.180 e. The largest absolute Gasteiger partial charge is 0.496 e. The molecular formula is C24H28FNO3. The fraction of sp³-hybridized carbons (Fsp3) is 0.417. The van der Waals surface area contributed by atoms with Crippen molar-refractivity contribution in [1.82, 2.24) is 4.90 Å². The summed E-state index contributed by atoms with van der Waals surface area (Å²) in [5.41, 5.74) is 1.94. The van der Waals surface area contributed by atoms with Crippen LogP contribution in [0.25, 0.3) is 0 Å². The molecule has 1 atom stereocenters. The first-order chi connectivity index (χ1) is 14.0. The molecule has 0 aromatic heterocycles. The van der Waals surface area contributed by atoms with Gasteiger partial charge in [-0.2, -0.15) is 0 Å². The number of carbonyl (C=O) groups is 2. The number of methoxy groups -OCH3 is 1. The molecule has 0 bridgehead atoms. The maximum absolute atomic E-state index is 13.4. The van der Waals surface area contributed by atoms with Gasteiger partial charge in [-0.05, 0) is 87.3 Å². The van der Waals surface area contributed by atoms with Crippen LogP contribution in [0, 0.1) is 5.82 Å². The van der Waals surface area contributed by atoms with E-state index in [1.165, 1.54) is 19.1 Å². The van der Waals surface area contributed by atoms with Gasteiger partial charge in [-0.3, -0.25) is 14.5 Å². The summed E-state index contributed by atoms with van der Waals surface area (Å²) in [6, 6.07) is 10.7. The Morgan fingerprint density at radius 1 is 1.00 bits per heavy atom. The van der Waals surface area contributed by atoms with Crippen molar-refractivity contribution >= 4 is 11.6 Å². The molecule has 1 aliphatic rings. The maximum atomic E-state index is 13.4. The van der Waals surface area contributed by atoms with E-state index in [-0.39, 0.29) is 23.4 Å². The van der Waals surface area contributed by atoms with Crippen LogP contribution in [-0.2, 0) is 6.42 Å². The molecule has 4 nitrogen and oxygen atoms in total. The SMILES string of the molecule is COc1ccc(C(C)=O)cc1C[C@H](C(=O)c1ccc(F)cc1)N1CCCCCC1. The van der Waals surface area contributed by atoms with Crippen molar-refractivity contribution in [2.45, 2.75) is 45.1 Å². The standard InChI is InChI=1S/C24H28FNO3/c1-17(27)19-9-12-23(29-2)20(15-19)16-22(26-13-5-3-4-6-14-26)24(28)18-7-10-21(25)11-8-18/h7-12,15,22H,3-6,13-14,16H2,1-2H3/t22-/m1/s1. The van der Waals surface area contributed by atoms with E-state index in [1.807, 2.05) is 6.07 Å². The van der Waals surface area contributed by atoms with Gasteiger partial charge >= 0.3 is 0 Å². The van der Waals surface area contributed by atoms with E-state index in [0.717, 1.165) is 44.3 Å². The number of nitrogens with zero attached hydrogens (tertiary/aromatic N) is 1. The molecule has 0 N–H and O–H groups in total. The normalized spacial score (nSPS) is 16.1. The number of halogens is 1. The fourth-order valence-corrected chi connectivity index (χ4v) is 3.97. The zero-order chi connectivity index (χ0) is 20.8. The Morgan fingerprint density at radius 2 is 1.62 bits per heavy atom. The zero-order valence-electron chi connectivity index (χ0n) is 17.1. The minimum Gasteiger partial charge on any atom is -0.496 e. The van der Waals surface area contributed by atoms with Crippen LogP contribution in [0.5, 0.6) is 5.75 Å². The lowest BCUT2D eigenvalue weighted by atomic mass is 9.94. The van der Waals surface area contributed by atoms with Crippen LogP contribution in [0.2, 0.25) is 0 Å². The number of benzene rings is 2. The number of carbonyl (C=O) groups excluding carboxylic acids is 2. The average molecular weight is 397 g/mol. The van der Waals surface area contributed by atoms with Crippen LogP contribution in [0.4, 0.5) is 4.39 Å². The van der Waals surface area contributed by atoms with Gasteiger partial charge in [0, 0.05) is 11.1 Å². The lowest BCUT2D eigenvalue weighted by Gasteiger charge is -2.30. The van der Waals surface area contributed by atoms with E-state index in [2.05, 4.69) is 4.90 Å². The summed E-state index contributed by atoms with van der Waals surface area (Å²) in [4.78, 5) is 27.5. The van der Waals surface area contributed by atoms with Gasteiger partial charge in [0.25, 0.3) is 0 Å². The third-order valence-electron chi connectivity index (χ3n) is 5.61. The molecule has 2 aromatic rings. The van der Waals surface area contributed by atoms with Crippen molar-refractivity contribution in [3.8, 4) is 5.75 Å². The van der Waals surface area contributed by atoms with Crippen LogP contribution < -0.4 is 4.74 Å². The highest BCUT2D eigenvalue weighted by Crippen LogP contribution is 2.26. The minimum atomic E-state index is -0.380. The van der Waals surface area contributed by atoms with Crippen LogP contribution >= 0.6 is 0 Å². The van der Waals surface area contributed by atoms with E-state index < -0.39 is 0 Å². The summed E-state index contributed by atoms with van der Waals surface area (Å²) in [5.74, 6) is 0.262. The number of ketones is 2. The highest BCUT2D eigenvalue weighted by molar-refractivity contribution is 6.00. The van der Waals surface area contributed by atoms with Crippen LogP contribution in [0.3, 0.4) is 0 Å². The van der Waals surface area contributed by atoms with Crippen molar-refractivity contribution in [3.63, 3.8) is 0 Å². The molecule has 29 heavy (non-hydrogen) atoms. The fourth-order valence-electron chi connectivity index (χ4n) is 3.97. The summed E-state index contributed by atoms with van der Waals surface area (Å²) in [6.45, 7) is 3.24. The third-order valence-corrected chi connectivity index (χ3v) is 5.61. The van der Waals surface area contributed by atoms with Crippen LogP contribution in [0.15, 0.2) is 42.5 Å². The molecule has 1 heterocycles. The van der Waals surface area contributed by atoms with Crippen molar-refractivity contribution < 1.29 is 18.7 Å². The zero-order valence-corrected chi connectivity index (χ0v) is 17.1. The lowest BCUT2D eigenvalue weighted by molar-refractivity contribution is 0.0820. The Kier molecular flexibility index (Phi) is 7.15. The van der Waals surface area contributed by atoms with E-state index in [9.17, 15) is 14.0 Å². The molecule has 0 aliphatic carbocycles. The Labute approximate surface area is 171 Å². The quantitative estimate of drug-likeness (QED) is 0.635. The van der Waals surface area contributed by atoms with Gasteiger partial charge in [0.1, 0.15) is 11.6 Å². The summed E-state index contributed by atoms with van der Waals surface area (Å²) >= 11 is 0. The molecule has 1 fully saturated rings. The van der Waals surface area contributed by atoms with Gasteiger partial charge in [-0.15, -0.1) is 0 Å². The molecule has 5 heteroatoms. The topological polar surface area (TPSA) is 46.6 Å². The molecule has 0 unspecified atom stereocenters. The second kappa shape index (κ2) is 9.79. The lowest BCUT2D eigenvalue weighted by Crippen LogP contribution is -2.43. The van der Waals surface area contributed by atoms with Crippen LogP contribution in [0.1, 0.15) is 58.9 Å². The molecule has 154 valence electrons. The third kappa shape index (κ3) is 5.30. The van der Waals surface area contributed by atoms with Crippen molar-refractivity contribution in [2.24, 2.45) is 0 Å². The highest BCUT2D eigenvalue weighted by Gasteiger charge is 2.29. The summed E-state index contributed by atoms with van der Waals surface area (Å²) < 4.78 is 18.9. The Bertz CT molecular complexity index is 855. The molecule has 0 amide bonds. The highest BCUT2D eigenvalue weighted by atomic mass is 19.1. The van der Waals surface area contributed by atoms with Crippen molar-refractivity contribution in [3.05, 3.63) is 65.0 Å². The minimum absolute atomic E-state index is 0.0231. The number of hydrogen-bond acceptors (Lipinski definition) is 4.